The second-order valence-electron chi connectivity index (χ2n) is 5.69. The van der Waals surface area contributed by atoms with Gasteiger partial charge in [-0.3, -0.25) is 0 Å². The minimum Gasteiger partial charge on any atom is -0.370 e. The molecule has 3 nitrogen and oxygen atoms in total. The molecule has 0 N–H and O–H groups in total. The van der Waals surface area contributed by atoms with Crippen molar-refractivity contribution in [3.63, 3.8) is 0 Å². The highest BCUT2D eigenvalue weighted by atomic mass is 32.1. The minimum absolute atomic E-state index is 0.798. The lowest BCUT2D eigenvalue weighted by molar-refractivity contribution is 0.141. The van der Waals surface area contributed by atoms with Crippen molar-refractivity contribution in [2.75, 3.05) is 31.1 Å². The molecule has 0 radical (unpaired) electrons. The largest absolute Gasteiger partial charge is 0.370 e. The third kappa shape index (κ3) is 3.23. The van der Waals surface area contributed by atoms with Crippen LogP contribution in [0.3, 0.4) is 0 Å². The number of piperidine rings is 2. The highest BCUT2D eigenvalue weighted by Gasteiger charge is 2.25. The van der Waals surface area contributed by atoms with Crippen molar-refractivity contribution in [1.29, 1.82) is 0 Å². The predicted molar refractivity (Wildman–Crippen MR) is 82.1 cm³/mol. The van der Waals surface area contributed by atoms with Gasteiger partial charge in [-0.05, 0) is 50.9 Å². The molecule has 0 aromatic carbocycles. The van der Waals surface area contributed by atoms with E-state index in [0.717, 1.165) is 24.2 Å². The van der Waals surface area contributed by atoms with Gasteiger partial charge in [-0.2, -0.15) is 0 Å². The fourth-order valence-electron chi connectivity index (χ4n) is 3.34. The monoisotopic (exact) mass is 277 g/mol. The number of aromatic nitrogens is 1. The average Bonchev–Trinajstić information content (AvgIpc) is 2.49. The highest BCUT2D eigenvalue weighted by Crippen LogP contribution is 2.24. The number of rotatable bonds is 2. The van der Waals surface area contributed by atoms with Crippen LogP contribution >= 0.6 is 12.6 Å². The van der Waals surface area contributed by atoms with Gasteiger partial charge in [0.25, 0.3) is 0 Å². The fourth-order valence-corrected chi connectivity index (χ4v) is 3.47. The summed E-state index contributed by atoms with van der Waals surface area (Å²) in [6, 6.07) is 4.93. The molecule has 3 heterocycles. The fraction of sp³-hybridized carbons (Fsp3) is 0.667. The Kier molecular flexibility index (Phi) is 4.28. The SMILES string of the molecule is Sc1ccc(N2CCC(N3CCCCC3)CC2)cn1. The number of thiol groups is 1. The van der Waals surface area contributed by atoms with Crippen LogP contribution in [0, 0.1) is 0 Å². The average molecular weight is 277 g/mol. The zero-order valence-electron chi connectivity index (χ0n) is 11.5. The van der Waals surface area contributed by atoms with Gasteiger partial charge in [0.2, 0.25) is 0 Å². The van der Waals surface area contributed by atoms with Crippen molar-refractivity contribution in [3.05, 3.63) is 18.3 Å². The first-order chi connectivity index (χ1) is 9.33. The summed E-state index contributed by atoms with van der Waals surface area (Å²) in [5.74, 6) is 0. The van der Waals surface area contributed by atoms with Gasteiger partial charge in [0.05, 0.1) is 16.9 Å². The number of anilines is 1. The van der Waals surface area contributed by atoms with E-state index >= 15 is 0 Å². The molecular weight excluding hydrogens is 254 g/mol. The van der Waals surface area contributed by atoms with Gasteiger partial charge in [0, 0.05) is 19.1 Å². The van der Waals surface area contributed by atoms with Crippen molar-refractivity contribution in [1.82, 2.24) is 9.88 Å². The van der Waals surface area contributed by atoms with E-state index in [2.05, 4.69) is 33.5 Å². The maximum atomic E-state index is 4.28. The standard InChI is InChI=1S/C15H23N3S/c19-15-5-4-14(12-16-15)18-10-6-13(7-11-18)17-8-2-1-3-9-17/h4-5,12-13H,1-3,6-11H2,(H,16,19). The van der Waals surface area contributed by atoms with Crippen LogP contribution in [-0.4, -0.2) is 42.1 Å². The van der Waals surface area contributed by atoms with E-state index in [1.165, 1.54) is 50.9 Å². The van der Waals surface area contributed by atoms with E-state index in [1.54, 1.807) is 0 Å². The molecule has 2 saturated heterocycles. The quantitative estimate of drug-likeness (QED) is 0.839. The Morgan fingerprint density at radius 3 is 2.37 bits per heavy atom. The zero-order valence-corrected chi connectivity index (χ0v) is 12.4. The Labute approximate surface area is 121 Å². The molecule has 0 saturated carbocycles. The van der Waals surface area contributed by atoms with E-state index in [4.69, 9.17) is 0 Å². The highest BCUT2D eigenvalue weighted by molar-refractivity contribution is 7.80. The van der Waals surface area contributed by atoms with E-state index in [9.17, 15) is 0 Å². The van der Waals surface area contributed by atoms with Gasteiger partial charge >= 0.3 is 0 Å². The van der Waals surface area contributed by atoms with Gasteiger partial charge in [0.1, 0.15) is 0 Å². The third-order valence-electron chi connectivity index (χ3n) is 4.47. The number of hydrogen-bond donors (Lipinski definition) is 1. The Balaban J connectivity index is 1.55. The van der Waals surface area contributed by atoms with E-state index in [1.807, 2.05) is 12.3 Å². The number of hydrogen-bond acceptors (Lipinski definition) is 4. The molecule has 3 rings (SSSR count). The van der Waals surface area contributed by atoms with Crippen LogP contribution in [0.4, 0.5) is 5.69 Å². The molecule has 2 aliphatic rings. The van der Waals surface area contributed by atoms with Crippen LogP contribution in [0.25, 0.3) is 0 Å². The van der Waals surface area contributed by atoms with Gasteiger partial charge < -0.3 is 9.80 Å². The predicted octanol–water partition coefficient (Wildman–Crippen LogP) is 2.83. The second-order valence-corrected chi connectivity index (χ2v) is 6.15. The van der Waals surface area contributed by atoms with Crippen LogP contribution < -0.4 is 4.90 Å². The van der Waals surface area contributed by atoms with Crippen LogP contribution in [0.5, 0.6) is 0 Å². The smallest absolute Gasteiger partial charge is 0.0930 e. The van der Waals surface area contributed by atoms with Crippen LogP contribution in [0.15, 0.2) is 23.4 Å². The van der Waals surface area contributed by atoms with Crippen LogP contribution in [0.2, 0.25) is 0 Å². The molecule has 0 spiro atoms. The second kappa shape index (κ2) is 6.14. The lowest BCUT2D eigenvalue weighted by atomic mass is 9.99. The molecule has 104 valence electrons. The lowest BCUT2D eigenvalue weighted by Gasteiger charge is -2.40. The molecule has 4 heteroatoms. The van der Waals surface area contributed by atoms with Crippen LogP contribution in [-0.2, 0) is 0 Å². The third-order valence-corrected chi connectivity index (χ3v) is 4.73. The Bertz CT molecular complexity index is 392. The van der Waals surface area contributed by atoms with E-state index in [0.29, 0.717) is 0 Å². The summed E-state index contributed by atoms with van der Waals surface area (Å²) in [4.78, 5) is 9.45. The summed E-state index contributed by atoms with van der Waals surface area (Å²) in [6.45, 7) is 4.96. The topological polar surface area (TPSA) is 19.4 Å². The Morgan fingerprint density at radius 2 is 1.74 bits per heavy atom. The molecule has 0 aliphatic carbocycles. The molecule has 0 bridgehead atoms. The summed E-state index contributed by atoms with van der Waals surface area (Å²) in [5, 5.41) is 0.798. The molecule has 0 atom stereocenters. The summed E-state index contributed by atoms with van der Waals surface area (Å²) in [7, 11) is 0. The molecule has 2 fully saturated rings. The number of pyridine rings is 1. The Morgan fingerprint density at radius 1 is 1.00 bits per heavy atom. The number of nitrogens with zero attached hydrogens (tertiary/aromatic N) is 3. The van der Waals surface area contributed by atoms with Crippen molar-refractivity contribution in [3.8, 4) is 0 Å². The molecule has 1 aromatic heterocycles. The van der Waals surface area contributed by atoms with E-state index < -0.39 is 0 Å². The summed E-state index contributed by atoms with van der Waals surface area (Å²) in [5.41, 5.74) is 1.25. The van der Waals surface area contributed by atoms with Crippen molar-refractivity contribution >= 4 is 18.3 Å². The normalized spacial score (nSPS) is 22.7. The molecule has 0 unspecified atom stereocenters. The summed E-state index contributed by atoms with van der Waals surface area (Å²) in [6.07, 6.45) is 8.76. The molecule has 0 amide bonds. The Hall–Kier alpha value is -0.740. The first-order valence-electron chi connectivity index (χ1n) is 7.47. The van der Waals surface area contributed by atoms with Gasteiger partial charge in [0.15, 0.2) is 0 Å². The van der Waals surface area contributed by atoms with Crippen molar-refractivity contribution in [2.24, 2.45) is 0 Å². The van der Waals surface area contributed by atoms with Gasteiger partial charge in [-0.1, -0.05) is 6.42 Å². The molecule has 1 aromatic rings. The van der Waals surface area contributed by atoms with Gasteiger partial charge in [-0.25, -0.2) is 4.98 Å². The maximum absolute atomic E-state index is 4.28. The molecule has 2 aliphatic heterocycles. The van der Waals surface area contributed by atoms with Crippen molar-refractivity contribution < 1.29 is 0 Å². The maximum Gasteiger partial charge on any atom is 0.0930 e. The van der Waals surface area contributed by atoms with Crippen LogP contribution in [0.1, 0.15) is 32.1 Å². The van der Waals surface area contributed by atoms with Gasteiger partial charge in [-0.15, -0.1) is 12.6 Å². The first kappa shape index (κ1) is 13.3. The van der Waals surface area contributed by atoms with E-state index in [-0.39, 0.29) is 0 Å². The molecular formula is C15H23N3S. The zero-order chi connectivity index (χ0) is 13.1. The summed E-state index contributed by atoms with van der Waals surface area (Å²) < 4.78 is 0. The van der Waals surface area contributed by atoms with Crippen molar-refractivity contribution in [2.45, 2.75) is 43.2 Å². The number of likely N-dealkylation sites (tertiary alicyclic amines) is 1. The first-order valence-corrected chi connectivity index (χ1v) is 7.92. The minimum atomic E-state index is 0.798. The lowest BCUT2D eigenvalue weighted by Crippen LogP contribution is -2.46. The molecule has 19 heavy (non-hydrogen) atoms. The summed E-state index contributed by atoms with van der Waals surface area (Å²) >= 11 is 4.24.